The second kappa shape index (κ2) is 7.31. The molecule has 2 aromatic carbocycles. The van der Waals surface area contributed by atoms with Crippen molar-refractivity contribution in [3.8, 4) is 5.75 Å². The van der Waals surface area contributed by atoms with Gasteiger partial charge in [0.2, 0.25) is 0 Å². The van der Waals surface area contributed by atoms with Gasteiger partial charge in [-0.3, -0.25) is 0 Å². The molecular formula is C16H18FNOS. The lowest BCUT2D eigenvalue weighted by molar-refractivity contribution is 0.337. The van der Waals surface area contributed by atoms with E-state index < -0.39 is 0 Å². The van der Waals surface area contributed by atoms with Crippen LogP contribution >= 0.6 is 11.8 Å². The molecule has 2 rings (SSSR count). The Hall–Kier alpha value is -1.52. The Morgan fingerprint density at radius 1 is 1.20 bits per heavy atom. The summed E-state index contributed by atoms with van der Waals surface area (Å²) in [5.41, 5.74) is 6.53. The molecule has 0 radical (unpaired) electrons. The van der Waals surface area contributed by atoms with Crippen LogP contribution < -0.4 is 10.5 Å². The molecular weight excluding hydrogens is 273 g/mol. The van der Waals surface area contributed by atoms with Gasteiger partial charge in [-0.05, 0) is 37.3 Å². The monoisotopic (exact) mass is 291 g/mol. The molecule has 0 heterocycles. The van der Waals surface area contributed by atoms with Gasteiger partial charge in [0.15, 0.2) is 0 Å². The Balaban J connectivity index is 1.88. The Morgan fingerprint density at radius 3 is 2.65 bits per heavy atom. The van der Waals surface area contributed by atoms with Crippen molar-refractivity contribution in [2.45, 2.75) is 17.9 Å². The normalized spacial score (nSPS) is 12.2. The van der Waals surface area contributed by atoms with E-state index in [-0.39, 0.29) is 11.9 Å². The van der Waals surface area contributed by atoms with E-state index in [2.05, 4.69) is 12.1 Å². The zero-order valence-corrected chi connectivity index (χ0v) is 12.2. The van der Waals surface area contributed by atoms with Gasteiger partial charge < -0.3 is 10.5 Å². The summed E-state index contributed by atoms with van der Waals surface area (Å²) >= 11 is 1.73. The Labute approximate surface area is 123 Å². The summed E-state index contributed by atoms with van der Waals surface area (Å²) in [5.74, 6) is 1.21. The summed E-state index contributed by atoms with van der Waals surface area (Å²) in [4.78, 5) is 1.21. The van der Waals surface area contributed by atoms with Gasteiger partial charge in [0.25, 0.3) is 0 Å². The van der Waals surface area contributed by atoms with E-state index in [1.807, 2.05) is 25.1 Å². The largest absolute Gasteiger partial charge is 0.492 e. The number of ether oxygens (including phenoxy) is 1. The quantitative estimate of drug-likeness (QED) is 0.645. The van der Waals surface area contributed by atoms with Crippen molar-refractivity contribution in [3.63, 3.8) is 0 Å². The second-order valence-electron chi connectivity index (χ2n) is 4.48. The van der Waals surface area contributed by atoms with Crippen molar-refractivity contribution in [2.75, 3.05) is 12.4 Å². The molecule has 2 N–H and O–H groups in total. The molecule has 0 amide bonds. The second-order valence-corrected chi connectivity index (χ2v) is 5.65. The van der Waals surface area contributed by atoms with Crippen LogP contribution in [0.15, 0.2) is 53.4 Å². The Morgan fingerprint density at radius 2 is 1.95 bits per heavy atom. The maximum Gasteiger partial charge on any atom is 0.124 e. The number of halogens is 1. The van der Waals surface area contributed by atoms with Crippen molar-refractivity contribution in [1.29, 1.82) is 0 Å². The highest BCUT2D eigenvalue weighted by molar-refractivity contribution is 7.99. The third kappa shape index (κ3) is 4.25. The number of thioether (sulfide) groups is 1. The number of nitrogens with two attached hydrogens (primary N) is 1. The third-order valence-corrected chi connectivity index (χ3v) is 3.79. The lowest BCUT2D eigenvalue weighted by Crippen LogP contribution is -2.10. The minimum absolute atomic E-state index is 0.248. The molecule has 0 saturated carbocycles. The van der Waals surface area contributed by atoms with Crippen LogP contribution in [0, 0.1) is 5.82 Å². The summed E-state index contributed by atoms with van der Waals surface area (Å²) in [6.45, 7) is 2.38. The van der Waals surface area contributed by atoms with Crippen LogP contribution in [0.2, 0.25) is 0 Å². The fraction of sp³-hybridized carbons (Fsp3) is 0.250. The predicted molar refractivity (Wildman–Crippen MR) is 81.7 cm³/mol. The molecule has 0 aliphatic carbocycles. The van der Waals surface area contributed by atoms with E-state index in [9.17, 15) is 4.39 Å². The van der Waals surface area contributed by atoms with E-state index in [4.69, 9.17) is 10.5 Å². The number of hydrogen-bond donors (Lipinski definition) is 1. The molecule has 0 saturated heterocycles. The molecule has 0 fully saturated rings. The first kappa shape index (κ1) is 14.9. The summed E-state index contributed by atoms with van der Waals surface area (Å²) in [6.07, 6.45) is 0. The lowest BCUT2D eigenvalue weighted by atomic mass is 10.1. The van der Waals surface area contributed by atoms with Crippen molar-refractivity contribution < 1.29 is 9.13 Å². The molecule has 2 nitrogen and oxygen atoms in total. The predicted octanol–water partition coefficient (Wildman–Crippen LogP) is 4.02. The molecule has 4 heteroatoms. The van der Waals surface area contributed by atoms with Gasteiger partial charge in [0.1, 0.15) is 11.6 Å². The zero-order chi connectivity index (χ0) is 14.4. The fourth-order valence-corrected chi connectivity index (χ4v) is 2.59. The maximum atomic E-state index is 13.2. The molecule has 1 atom stereocenters. The van der Waals surface area contributed by atoms with Crippen molar-refractivity contribution in [1.82, 2.24) is 0 Å². The number of rotatable bonds is 6. The molecule has 106 valence electrons. The Kier molecular flexibility index (Phi) is 5.44. The van der Waals surface area contributed by atoms with Gasteiger partial charge in [0.05, 0.1) is 6.61 Å². The van der Waals surface area contributed by atoms with Crippen LogP contribution in [-0.4, -0.2) is 12.4 Å². The maximum absolute atomic E-state index is 13.2. The minimum atomic E-state index is -0.289. The van der Waals surface area contributed by atoms with Gasteiger partial charge in [-0.1, -0.05) is 18.2 Å². The van der Waals surface area contributed by atoms with Crippen LogP contribution in [0.1, 0.15) is 18.5 Å². The summed E-state index contributed by atoms with van der Waals surface area (Å²) in [6, 6.07) is 14.4. The number of benzene rings is 2. The fourth-order valence-electron chi connectivity index (χ4n) is 1.83. The van der Waals surface area contributed by atoms with Crippen molar-refractivity contribution in [3.05, 3.63) is 59.9 Å². The first-order valence-corrected chi connectivity index (χ1v) is 7.51. The third-order valence-electron chi connectivity index (χ3n) is 2.82. The summed E-state index contributed by atoms with van der Waals surface area (Å²) < 4.78 is 18.9. The molecule has 0 unspecified atom stereocenters. The van der Waals surface area contributed by atoms with Crippen molar-refractivity contribution >= 4 is 11.8 Å². The average molecular weight is 291 g/mol. The van der Waals surface area contributed by atoms with E-state index >= 15 is 0 Å². The molecule has 0 aliphatic rings. The Bertz CT molecular complexity index is 545. The number of hydrogen-bond acceptors (Lipinski definition) is 3. The SMILES string of the molecule is C[C@@H](N)c1cc(F)ccc1OCCSc1ccccc1. The van der Waals surface area contributed by atoms with Gasteiger partial charge in [0, 0.05) is 22.3 Å². The van der Waals surface area contributed by atoms with E-state index in [0.29, 0.717) is 17.9 Å². The van der Waals surface area contributed by atoms with Gasteiger partial charge in [-0.15, -0.1) is 11.8 Å². The van der Waals surface area contributed by atoms with Gasteiger partial charge in [-0.25, -0.2) is 4.39 Å². The highest BCUT2D eigenvalue weighted by Gasteiger charge is 2.09. The molecule has 20 heavy (non-hydrogen) atoms. The average Bonchev–Trinajstić information content (AvgIpc) is 2.45. The van der Waals surface area contributed by atoms with Gasteiger partial charge >= 0.3 is 0 Å². The first-order chi connectivity index (χ1) is 9.66. The van der Waals surface area contributed by atoms with Crippen LogP contribution in [0.25, 0.3) is 0 Å². The smallest absolute Gasteiger partial charge is 0.124 e. The molecule has 0 aromatic heterocycles. The van der Waals surface area contributed by atoms with Crippen LogP contribution in [-0.2, 0) is 0 Å². The van der Waals surface area contributed by atoms with E-state index in [1.54, 1.807) is 17.8 Å². The molecule has 0 bridgehead atoms. The lowest BCUT2D eigenvalue weighted by Gasteiger charge is -2.14. The van der Waals surface area contributed by atoms with E-state index in [0.717, 1.165) is 5.75 Å². The van der Waals surface area contributed by atoms with Crippen molar-refractivity contribution in [2.24, 2.45) is 5.73 Å². The van der Waals surface area contributed by atoms with E-state index in [1.165, 1.54) is 17.0 Å². The van der Waals surface area contributed by atoms with Crippen LogP contribution in [0.5, 0.6) is 5.75 Å². The standard InChI is InChI=1S/C16H18FNOS/c1-12(18)15-11-13(17)7-8-16(15)19-9-10-20-14-5-3-2-4-6-14/h2-8,11-12H,9-10,18H2,1H3/t12-/m1/s1. The summed E-state index contributed by atoms with van der Waals surface area (Å²) in [7, 11) is 0. The zero-order valence-electron chi connectivity index (χ0n) is 11.4. The highest BCUT2D eigenvalue weighted by Crippen LogP contribution is 2.25. The molecule has 0 spiro atoms. The topological polar surface area (TPSA) is 35.2 Å². The first-order valence-electron chi connectivity index (χ1n) is 6.52. The summed E-state index contributed by atoms with van der Waals surface area (Å²) in [5, 5.41) is 0. The highest BCUT2D eigenvalue weighted by atomic mass is 32.2. The van der Waals surface area contributed by atoms with Gasteiger partial charge in [-0.2, -0.15) is 0 Å². The van der Waals surface area contributed by atoms with Crippen LogP contribution in [0.3, 0.4) is 0 Å². The van der Waals surface area contributed by atoms with Crippen LogP contribution in [0.4, 0.5) is 4.39 Å². The molecule has 0 aliphatic heterocycles. The minimum Gasteiger partial charge on any atom is -0.492 e. The molecule has 2 aromatic rings.